The van der Waals surface area contributed by atoms with Crippen molar-refractivity contribution in [2.45, 2.75) is 19.4 Å². The second-order valence-electron chi connectivity index (χ2n) is 2.62. The summed E-state index contributed by atoms with van der Waals surface area (Å²) in [7, 11) is 0. The molecular weight excluding hydrogens is 202 g/mol. The van der Waals surface area contributed by atoms with Crippen LogP contribution in [0.5, 0.6) is 0 Å². The van der Waals surface area contributed by atoms with Crippen LogP contribution < -0.4 is 5.32 Å². The van der Waals surface area contributed by atoms with Crippen LogP contribution >= 0.6 is 11.8 Å². The maximum atomic E-state index is 10.6. The van der Waals surface area contributed by atoms with Gasteiger partial charge in [0.2, 0.25) is 5.91 Å². The number of aliphatic carboxylic acids is 1. The van der Waals surface area contributed by atoms with Crippen molar-refractivity contribution in [3.63, 3.8) is 0 Å². The first-order valence-electron chi connectivity index (χ1n) is 4.09. The monoisotopic (exact) mass is 215 g/mol. The zero-order valence-electron chi connectivity index (χ0n) is 7.95. The number of hydrogen-bond donors (Lipinski definition) is 2. The Hall–Kier alpha value is -1.15. The van der Waals surface area contributed by atoms with Gasteiger partial charge < -0.3 is 10.4 Å². The highest BCUT2D eigenvalue weighted by Gasteiger charge is 2.17. The smallest absolute Gasteiger partial charge is 0.327 e. The Morgan fingerprint density at radius 1 is 1.64 bits per heavy atom. The number of thioether (sulfide) groups is 1. The maximum absolute atomic E-state index is 10.6. The lowest BCUT2D eigenvalue weighted by Crippen LogP contribution is -2.41. The van der Waals surface area contributed by atoms with Crippen LogP contribution in [0.4, 0.5) is 0 Å². The number of carbonyl (C=O) groups excluding carboxylic acids is 1. The summed E-state index contributed by atoms with van der Waals surface area (Å²) in [5.41, 5.74) is 0. The van der Waals surface area contributed by atoms with Crippen LogP contribution in [0.15, 0.2) is 0 Å². The van der Waals surface area contributed by atoms with Crippen molar-refractivity contribution in [2.24, 2.45) is 0 Å². The summed E-state index contributed by atoms with van der Waals surface area (Å²) in [5, 5.41) is 11.1. The van der Waals surface area contributed by atoms with Gasteiger partial charge in [-0.3, -0.25) is 4.79 Å². The van der Waals surface area contributed by atoms with Crippen molar-refractivity contribution in [3.05, 3.63) is 0 Å². The predicted molar refractivity (Wildman–Crippen MR) is 56.0 cm³/mol. The molecule has 1 amide bonds. The molecule has 0 aromatic heterocycles. The Morgan fingerprint density at radius 3 is 2.71 bits per heavy atom. The highest BCUT2D eigenvalue weighted by molar-refractivity contribution is 7.99. The standard InChI is InChI=1S/C9H13NO3S/c1-3-4-5-14-6-8(9(12)13)10-7(2)11/h1,8H,4-6H2,2H3,(H,10,11)(H,12,13). The summed E-state index contributed by atoms with van der Waals surface area (Å²) < 4.78 is 0. The molecule has 0 saturated carbocycles. The van der Waals surface area contributed by atoms with E-state index in [9.17, 15) is 9.59 Å². The third-order valence-corrected chi connectivity index (χ3v) is 2.41. The molecule has 14 heavy (non-hydrogen) atoms. The molecule has 0 rings (SSSR count). The minimum absolute atomic E-state index is 0.338. The van der Waals surface area contributed by atoms with Gasteiger partial charge in [-0.15, -0.1) is 12.3 Å². The molecule has 0 fully saturated rings. The fraction of sp³-hybridized carbons (Fsp3) is 0.556. The van der Waals surface area contributed by atoms with Gasteiger partial charge in [0, 0.05) is 24.9 Å². The topological polar surface area (TPSA) is 66.4 Å². The first kappa shape index (κ1) is 12.8. The van der Waals surface area contributed by atoms with Gasteiger partial charge in [-0.1, -0.05) is 0 Å². The van der Waals surface area contributed by atoms with Crippen LogP contribution in [0, 0.1) is 12.3 Å². The number of rotatable bonds is 6. The first-order chi connectivity index (χ1) is 6.57. The lowest BCUT2D eigenvalue weighted by Gasteiger charge is -2.11. The third kappa shape index (κ3) is 6.38. The van der Waals surface area contributed by atoms with Crippen LogP contribution in [0.3, 0.4) is 0 Å². The molecule has 0 spiro atoms. The average Bonchev–Trinajstić information content (AvgIpc) is 2.09. The zero-order valence-corrected chi connectivity index (χ0v) is 8.76. The minimum Gasteiger partial charge on any atom is -0.480 e. The number of amides is 1. The van der Waals surface area contributed by atoms with E-state index in [1.165, 1.54) is 18.7 Å². The fourth-order valence-corrected chi connectivity index (χ4v) is 1.64. The highest BCUT2D eigenvalue weighted by atomic mass is 32.2. The van der Waals surface area contributed by atoms with E-state index in [0.29, 0.717) is 17.9 Å². The molecule has 0 aliphatic carbocycles. The quantitative estimate of drug-likeness (QED) is 0.495. The molecule has 4 nitrogen and oxygen atoms in total. The van der Waals surface area contributed by atoms with Gasteiger partial charge in [0.25, 0.3) is 0 Å². The van der Waals surface area contributed by atoms with Crippen molar-refractivity contribution in [1.82, 2.24) is 5.32 Å². The number of carboxylic acids is 1. The van der Waals surface area contributed by atoms with E-state index in [-0.39, 0.29) is 5.91 Å². The Balaban J connectivity index is 3.81. The number of hydrogen-bond acceptors (Lipinski definition) is 3. The van der Waals surface area contributed by atoms with Crippen LogP contribution in [0.1, 0.15) is 13.3 Å². The van der Waals surface area contributed by atoms with Gasteiger partial charge in [-0.2, -0.15) is 11.8 Å². The molecule has 0 heterocycles. The molecule has 1 atom stereocenters. The number of carboxylic acid groups (broad SMARTS) is 1. The lowest BCUT2D eigenvalue weighted by molar-refractivity contribution is -0.140. The molecule has 0 saturated heterocycles. The van der Waals surface area contributed by atoms with Gasteiger partial charge >= 0.3 is 5.97 Å². The zero-order chi connectivity index (χ0) is 11.0. The number of terminal acetylenes is 1. The van der Waals surface area contributed by atoms with Crippen molar-refractivity contribution in [1.29, 1.82) is 0 Å². The third-order valence-electron chi connectivity index (χ3n) is 1.35. The van der Waals surface area contributed by atoms with Gasteiger partial charge in [0.05, 0.1) is 0 Å². The highest BCUT2D eigenvalue weighted by Crippen LogP contribution is 2.04. The summed E-state index contributed by atoms with van der Waals surface area (Å²) >= 11 is 1.42. The summed E-state index contributed by atoms with van der Waals surface area (Å²) in [6, 6.07) is -0.824. The molecule has 0 aromatic carbocycles. The van der Waals surface area contributed by atoms with E-state index < -0.39 is 12.0 Å². The molecule has 0 aromatic rings. The predicted octanol–water partition coefficient (Wildman–Crippen LogP) is 0.332. The fourth-order valence-electron chi connectivity index (χ4n) is 0.752. The van der Waals surface area contributed by atoms with Crippen molar-refractivity contribution in [2.75, 3.05) is 11.5 Å². The molecule has 0 aliphatic rings. The van der Waals surface area contributed by atoms with Gasteiger partial charge in [-0.25, -0.2) is 4.79 Å². The van der Waals surface area contributed by atoms with E-state index in [1.54, 1.807) is 0 Å². The van der Waals surface area contributed by atoms with E-state index in [2.05, 4.69) is 11.2 Å². The van der Waals surface area contributed by atoms with Crippen LogP contribution in [-0.2, 0) is 9.59 Å². The molecule has 0 aliphatic heterocycles. The molecule has 0 bridgehead atoms. The van der Waals surface area contributed by atoms with E-state index in [1.807, 2.05) is 0 Å². The van der Waals surface area contributed by atoms with Gasteiger partial charge in [0.15, 0.2) is 0 Å². The largest absolute Gasteiger partial charge is 0.480 e. The normalized spacial score (nSPS) is 11.4. The first-order valence-corrected chi connectivity index (χ1v) is 5.24. The Bertz CT molecular complexity index is 247. The molecule has 1 unspecified atom stereocenters. The van der Waals surface area contributed by atoms with Crippen LogP contribution in [-0.4, -0.2) is 34.5 Å². The SMILES string of the molecule is C#CCCSCC(NC(C)=O)C(=O)O. The van der Waals surface area contributed by atoms with Gasteiger partial charge in [0.1, 0.15) is 6.04 Å². The number of carbonyl (C=O) groups is 2. The second kappa shape index (κ2) is 7.27. The maximum Gasteiger partial charge on any atom is 0.327 e. The molecule has 2 N–H and O–H groups in total. The van der Waals surface area contributed by atoms with Crippen LogP contribution in [0.25, 0.3) is 0 Å². The minimum atomic E-state index is -1.02. The van der Waals surface area contributed by atoms with E-state index in [4.69, 9.17) is 11.5 Å². The van der Waals surface area contributed by atoms with Crippen LogP contribution in [0.2, 0.25) is 0 Å². The van der Waals surface area contributed by atoms with Crippen molar-refractivity contribution in [3.8, 4) is 12.3 Å². The summed E-state index contributed by atoms with van der Waals surface area (Å²) in [5.74, 6) is 2.15. The molecule has 0 radical (unpaired) electrons. The van der Waals surface area contributed by atoms with Gasteiger partial charge in [-0.05, 0) is 0 Å². The second-order valence-corrected chi connectivity index (χ2v) is 3.77. The lowest BCUT2D eigenvalue weighted by atomic mass is 10.3. The van der Waals surface area contributed by atoms with Crippen molar-refractivity contribution < 1.29 is 14.7 Å². The van der Waals surface area contributed by atoms with E-state index in [0.717, 1.165) is 0 Å². The Morgan fingerprint density at radius 2 is 2.29 bits per heavy atom. The Kier molecular flexibility index (Phi) is 6.68. The summed E-state index contributed by atoms with van der Waals surface area (Å²) in [4.78, 5) is 21.3. The summed E-state index contributed by atoms with van der Waals surface area (Å²) in [6.07, 6.45) is 5.64. The Labute approximate surface area is 87.4 Å². The molecule has 78 valence electrons. The summed E-state index contributed by atoms with van der Waals surface area (Å²) in [6.45, 7) is 1.29. The number of nitrogens with one attached hydrogen (secondary N) is 1. The molecule has 5 heteroatoms. The van der Waals surface area contributed by atoms with Crippen molar-refractivity contribution >= 4 is 23.6 Å². The van der Waals surface area contributed by atoms with E-state index >= 15 is 0 Å². The molecular formula is C9H13NO3S. The average molecular weight is 215 g/mol.